The molecule has 0 bridgehead atoms. The quantitative estimate of drug-likeness (QED) is 0.612. The molecule has 1 fully saturated rings. The van der Waals surface area contributed by atoms with Crippen molar-refractivity contribution in [3.05, 3.63) is 0 Å². The highest BCUT2D eigenvalue weighted by Crippen LogP contribution is 2.40. The number of carbonyl (C=O) groups is 1. The highest BCUT2D eigenvalue weighted by molar-refractivity contribution is 7.90. The standard InChI is InChI=1S/C12H24N2O4S/c1-4-13-12(11(15)16,10-5-6-10)9-14(2)7-8-19(3,17)18/h10,13H,4-9H2,1-3H3,(H,15,16). The highest BCUT2D eigenvalue weighted by atomic mass is 32.2. The fourth-order valence-corrected chi connectivity index (χ4v) is 3.01. The van der Waals surface area contributed by atoms with E-state index in [4.69, 9.17) is 0 Å². The van der Waals surface area contributed by atoms with Gasteiger partial charge in [-0.2, -0.15) is 0 Å². The molecule has 0 saturated heterocycles. The zero-order valence-electron chi connectivity index (χ0n) is 11.8. The second-order valence-corrected chi connectivity index (χ2v) is 7.71. The van der Waals surface area contributed by atoms with Crippen molar-refractivity contribution in [2.24, 2.45) is 5.92 Å². The van der Waals surface area contributed by atoms with Gasteiger partial charge in [-0.25, -0.2) is 8.42 Å². The average molecular weight is 292 g/mol. The molecular formula is C12H24N2O4S. The molecule has 0 heterocycles. The van der Waals surface area contributed by atoms with E-state index in [0.717, 1.165) is 12.8 Å². The lowest BCUT2D eigenvalue weighted by atomic mass is 9.92. The molecule has 6 nitrogen and oxygen atoms in total. The Morgan fingerprint density at radius 3 is 2.42 bits per heavy atom. The SMILES string of the molecule is CCNC(CN(C)CCS(C)(=O)=O)(C(=O)O)C1CC1. The zero-order chi connectivity index (χ0) is 14.7. The number of hydrogen-bond acceptors (Lipinski definition) is 5. The van der Waals surface area contributed by atoms with Crippen LogP contribution in [0.4, 0.5) is 0 Å². The van der Waals surface area contributed by atoms with Crippen molar-refractivity contribution in [2.75, 3.05) is 38.7 Å². The van der Waals surface area contributed by atoms with Crippen LogP contribution < -0.4 is 5.32 Å². The Balaban J connectivity index is 2.69. The van der Waals surface area contributed by atoms with Gasteiger partial charge in [0.05, 0.1) is 5.75 Å². The Bertz CT molecular complexity index is 419. The monoisotopic (exact) mass is 292 g/mol. The van der Waals surface area contributed by atoms with E-state index in [2.05, 4.69) is 5.32 Å². The molecule has 1 rings (SSSR count). The van der Waals surface area contributed by atoms with Crippen LogP contribution in [0, 0.1) is 5.92 Å². The van der Waals surface area contributed by atoms with Crippen molar-refractivity contribution >= 4 is 15.8 Å². The van der Waals surface area contributed by atoms with Crippen LogP contribution in [0.15, 0.2) is 0 Å². The summed E-state index contributed by atoms with van der Waals surface area (Å²) in [5.74, 6) is -0.649. The van der Waals surface area contributed by atoms with Crippen LogP contribution in [-0.4, -0.2) is 68.6 Å². The summed E-state index contributed by atoms with van der Waals surface area (Å²) in [6.45, 7) is 3.15. The van der Waals surface area contributed by atoms with Gasteiger partial charge in [0.15, 0.2) is 0 Å². The lowest BCUT2D eigenvalue weighted by Crippen LogP contribution is -2.60. The van der Waals surface area contributed by atoms with Crippen LogP contribution in [0.1, 0.15) is 19.8 Å². The first kappa shape index (κ1) is 16.4. The first-order chi connectivity index (χ1) is 8.71. The fourth-order valence-electron chi connectivity index (χ4n) is 2.37. The largest absolute Gasteiger partial charge is 0.480 e. The van der Waals surface area contributed by atoms with Gasteiger partial charge in [0.2, 0.25) is 0 Å². The van der Waals surface area contributed by atoms with Crippen molar-refractivity contribution in [2.45, 2.75) is 25.3 Å². The summed E-state index contributed by atoms with van der Waals surface area (Å²) < 4.78 is 22.3. The van der Waals surface area contributed by atoms with Crippen LogP contribution >= 0.6 is 0 Å². The summed E-state index contributed by atoms with van der Waals surface area (Å²) in [6, 6.07) is 0. The topological polar surface area (TPSA) is 86.7 Å². The molecule has 0 aromatic heterocycles. The molecule has 2 N–H and O–H groups in total. The molecule has 0 aromatic rings. The Labute approximate surface area is 115 Å². The normalized spacial score (nSPS) is 19.4. The van der Waals surface area contributed by atoms with Gasteiger partial charge in [-0.1, -0.05) is 6.92 Å². The van der Waals surface area contributed by atoms with Crippen LogP contribution in [-0.2, 0) is 14.6 Å². The van der Waals surface area contributed by atoms with E-state index < -0.39 is 21.3 Å². The van der Waals surface area contributed by atoms with E-state index in [-0.39, 0.29) is 11.7 Å². The molecule has 1 saturated carbocycles. The minimum atomic E-state index is -3.02. The molecule has 0 radical (unpaired) electrons. The molecule has 1 aliphatic rings. The van der Waals surface area contributed by atoms with Gasteiger partial charge >= 0.3 is 5.97 Å². The number of rotatable bonds is 9. The summed E-state index contributed by atoms with van der Waals surface area (Å²) >= 11 is 0. The van der Waals surface area contributed by atoms with Gasteiger partial charge in [0, 0.05) is 19.3 Å². The summed E-state index contributed by atoms with van der Waals surface area (Å²) in [5, 5.41) is 12.6. The maximum atomic E-state index is 11.6. The number of aliphatic carboxylic acids is 1. The van der Waals surface area contributed by atoms with E-state index in [0.29, 0.717) is 19.6 Å². The Hall–Kier alpha value is -0.660. The molecule has 1 atom stereocenters. The number of hydrogen-bond donors (Lipinski definition) is 2. The van der Waals surface area contributed by atoms with Gasteiger partial charge in [-0.3, -0.25) is 4.79 Å². The second kappa shape index (κ2) is 6.19. The summed E-state index contributed by atoms with van der Waals surface area (Å²) in [7, 11) is -1.25. The molecule has 112 valence electrons. The van der Waals surface area contributed by atoms with E-state index in [1.54, 1.807) is 11.9 Å². The number of sulfone groups is 1. The predicted octanol–water partition coefficient (Wildman–Crippen LogP) is -0.194. The first-order valence-electron chi connectivity index (χ1n) is 6.56. The minimum absolute atomic E-state index is 0.0516. The van der Waals surface area contributed by atoms with E-state index >= 15 is 0 Å². The number of nitrogens with one attached hydrogen (secondary N) is 1. The van der Waals surface area contributed by atoms with Gasteiger partial charge in [-0.15, -0.1) is 0 Å². The summed E-state index contributed by atoms with van der Waals surface area (Å²) in [6.07, 6.45) is 3.02. The fraction of sp³-hybridized carbons (Fsp3) is 0.917. The molecule has 1 unspecified atom stereocenters. The van der Waals surface area contributed by atoms with Crippen LogP contribution in [0.25, 0.3) is 0 Å². The van der Waals surface area contributed by atoms with Gasteiger partial charge in [0.1, 0.15) is 15.4 Å². The third-order valence-electron chi connectivity index (χ3n) is 3.51. The van der Waals surface area contributed by atoms with E-state index in [9.17, 15) is 18.3 Å². The van der Waals surface area contributed by atoms with Crippen molar-refractivity contribution < 1.29 is 18.3 Å². The first-order valence-corrected chi connectivity index (χ1v) is 8.62. The molecule has 0 amide bonds. The molecule has 1 aliphatic carbocycles. The maximum Gasteiger partial charge on any atom is 0.325 e. The lowest BCUT2D eigenvalue weighted by molar-refractivity contribution is -0.146. The molecule has 7 heteroatoms. The van der Waals surface area contributed by atoms with Crippen LogP contribution in [0.3, 0.4) is 0 Å². The second-order valence-electron chi connectivity index (χ2n) is 5.45. The number of nitrogens with zero attached hydrogens (tertiary/aromatic N) is 1. The number of likely N-dealkylation sites (N-methyl/N-ethyl adjacent to an activating group) is 2. The van der Waals surface area contributed by atoms with Gasteiger partial charge < -0.3 is 15.3 Å². The van der Waals surface area contributed by atoms with Crippen molar-refractivity contribution in [3.63, 3.8) is 0 Å². The predicted molar refractivity (Wildman–Crippen MR) is 74.0 cm³/mol. The van der Waals surface area contributed by atoms with Crippen molar-refractivity contribution in [3.8, 4) is 0 Å². The Kier molecular flexibility index (Phi) is 5.34. The average Bonchev–Trinajstić information content (AvgIpc) is 3.08. The third kappa shape index (κ3) is 4.74. The lowest BCUT2D eigenvalue weighted by Gasteiger charge is -2.34. The number of carboxylic acid groups (broad SMARTS) is 1. The van der Waals surface area contributed by atoms with E-state index in [1.807, 2.05) is 6.92 Å². The number of carboxylic acids is 1. The molecular weight excluding hydrogens is 268 g/mol. The molecule has 0 aromatic carbocycles. The van der Waals surface area contributed by atoms with Crippen molar-refractivity contribution in [1.82, 2.24) is 10.2 Å². The summed E-state index contributed by atoms with van der Waals surface area (Å²) in [4.78, 5) is 13.4. The summed E-state index contributed by atoms with van der Waals surface area (Å²) in [5.41, 5.74) is -0.943. The molecule has 0 spiro atoms. The third-order valence-corrected chi connectivity index (χ3v) is 4.44. The Morgan fingerprint density at radius 1 is 1.47 bits per heavy atom. The molecule has 0 aliphatic heterocycles. The Morgan fingerprint density at radius 2 is 2.05 bits per heavy atom. The van der Waals surface area contributed by atoms with Crippen LogP contribution in [0.2, 0.25) is 0 Å². The van der Waals surface area contributed by atoms with Gasteiger partial charge in [0.25, 0.3) is 0 Å². The molecule has 19 heavy (non-hydrogen) atoms. The minimum Gasteiger partial charge on any atom is -0.480 e. The zero-order valence-corrected chi connectivity index (χ0v) is 12.7. The van der Waals surface area contributed by atoms with Gasteiger partial charge in [-0.05, 0) is 32.4 Å². The smallest absolute Gasteiger partial charge is 0.325 e. The highest BCUT2D eigenvalue weighted by Gasteiger charge is 2.51. The maximum absolute atomic E-state index is 11.6. The van der Waals surface area contributed by atoms with Crippen molar-refractivity contribution in [1.29, 1.82) is 0 Å². The van der Waals surface area contributed by atoms with E-state index in [1.165, 1.54) is 6.26 Å². The van der Waals surface area contributed by atoms with Crippen LogP contribution in [0.5, 0.6) is 0 Å².